The van der Waals surface area contributed by atoms with Crippen molar-refractivity contribution in [2.24, 2.45) is 17.9 Å². The summed E-state index contributed by atoms with van der Waals surface area (Å²) < 4.78 is 21.2. The number of amidine groups is 1. The third kappa shape index (κ3) is 2.29. The minimum Gasteiger partial charge on any atom is -0.453 e. The Morgan fingerprint density at radius 3 is 2.70 bits per heavy atom. The molecular weight excluding hydrogens is 263 g/mol. The molecule has 6 nitrogen and oxygen atoms in total. The second-order valence-electron chi connectivity index (χ2n) is 4.32. The highest BCUT2D eigenvalue weighted by Crippen LogP contribution is 2.31. The average molecular weight is 278 g/mol. The van der Waals surface area contributed by atoms with Crippen LogP contribution in [0, 0.1) is 19.7 Å². The van der Waals surface area contributed by atoms with Crippen LogP contribution in [0.5, 0.6) is 11.5 Å². The van der Waals surface area contributed by atoms with Crippen molar-refractivity contribution in [3.63, 3.8) is 0 Å². The molecule has 7 heteroatoms. The van der Waals surface area contributed by atoms with Crippen LogP contribution in [0.3, 0.4) is 0 Å². The van der Waals surface area contributed by atoms with E-state index in [1.807, 2.05) is 6.92 Å². The van der Waals surface area contributed by atoms with Gasteiger partial charge in [0.05, 0.1) is 11.3 Å². The monoisotopic (exact) mass is 278 g/mol. The van der Waals surface area contributed by atoms with Gasteiger partial charge in [0.2, 0.25) is 0 Å². The molecule has 2 rings (SSSR count). The van der Waals surface area contributed by atoms with E-state index >= 15 is 0 Å². The lowest BCUT2D eigenvalue weighted by Gasteiger charge is -2.11. The number of benzene rings is 1. The minimum atomic E-state index is -0.628. The maximum absolute atomic E-state index is 13.8. The van der Waals surface area contributed by atoms with E-state index in [0.29, 0.717) is 11.4 Å². The summed E-state index contributed by atoms with van der Waals surface area (Å²) in [5, 5.41) is 15.8. The molecule has 0 radical (unpaired) electrons. The molecule has 0 bridgehead atoms. The first-order valence-corrected chi connectivity index (χ1v) is 5.90. The summed E-state index contributed by atoms with van der Waals surface area (Å²) in [4.78, 5) is 0. The molecule has 0 spiro atoms. The molecule has 20 heavy (non-hydrogen) atoms. The first kappa shape index (κ1) is 13.9. The van der Waals surface area contributed by atoms with Gasteiger partial charge < -0.3 is 15.7 Å². The SMILES string of the molecule is Cc1nn(C)c(C)c1Oc1cccc(F)c1C(N)=NO. The lowest BCUT2D eigenvalue weighted by atomic mass is 10.1. The molecule has 0 fully saturated rings. The van der Waals surface area contributed by atoms with Gasteiger partial charge in [0.15, 0.2) is 11.6 Å². The van der Waals surface area contributed by atoms with Gasteiger partial charge in [-0.15, -0.1) is 0 Å². The Morgan fingerprint density at radius 2 is 2.15 bits per heavy atom. The summed E-state index contributed by atoms with van der Waals surface area (Å²) in [5.41, 5.74) is 6.86. The molecule has 0 atom stereocenters. The van der Waals surface area contributed by atoms with Crippen molar-refractivity contribution >= 4 is 5.84 Å². The first-order chi connectivity index (χ1) is 9.45. The molecule has 0 aliphatic rings. The van der Waals surface area contributed by atoms with Crippen molar-refractivity contribution in [1.82, 2.24) is 9.78 Å². The number of ether oxygens (including phenoxy) is 1. The quantitative estimate of drug-likeness (QED) is 0.389. The van der Waals surface area contributed by atoms with Crippen molar-refractivity contribution in [3.05, 3.63) is 41.0 Å². The second kappa shape index (κ2) is 5.20. The molecule has 0 amide bonds. The Bertz CT molecular complexity index is 679. The van der Waals surface area contributed by atoms with Crippen molar-refractivity contribution in [2.45, 2.75) is 13.8 Å². The van der Waals surface area contributed by atoms with Crippen LogP contribution < -0.4 is 10.5 Å². The van der Waals surface area contributed by atoms with E-state index < -0.39 is 5.82 Å². The van der Waals surface area contributed by atoms with Gasteiger partial charge in [0.25, 0.3) is 0 Å². The highest BCUT2D eigenvalue weighted by atomic mass is 19.1. The van der Waals surface area contributed by atoms with E-state index in [0.717, 1.165) is 5.69 Å². The maximum atomic E-state index is 13.8. The summed E-state index contributed by atoms with van der Waals surface area (Å²) in [5.74, 6) is -0.293. The van der Waals surface area contributed by atoms with Crippen LogP contribution in [-0.2, 0) is 7.05 Å². The number of hydrogen-bond acceptors (Lipinski definition) is 4. The summed E-state index contributed by atoms with van der Waals surface area (Å²) in [6, 6.07) is 4.24. The highest BCUT2D eigenvalue weighted by Gasteiger charge is 2.18. The van der Waals surface area contributed by atoms with E-state index in [1.54, 1.807) is 24.7 Å². The zero-order chi connectivity index (χ0) is 14.9. The fraction of sp³-hybridized carbons (Fsp3) is 0.231. The predicted molar refractivity (Wildman–Crippen MR) is 71.7 cm³/mol. The van der Waals surface area contributed by atoms with E-state index in [2.05, 4.69) is 10.3 Å². The number of hydrogen-bond donors (Lipinski definition) is 2. The van der Waals surface area contributed by atoms with Crippen LogP contribution in [0.15, 0.2) is 23.4 Å². The molecule has 0 aliphatic heterocycles. The van der Waals surface area contributed by atoms with Crippen LogP contribution in [0.1, 0.15) is 17.0 Å². The smallest absolute Gasteiger partial charge is 0.176 e. The Morgan fingerprint density at radius 1 is 1.45 bits per heavy atom. The molecule has 1 aromatic carbocycles. The molecule has 1 aromatic heterocycles. The lowest BCUT2D eigenvalue weighted by molar-refractivity contribution is 0.318. The van der Waals surface area contributed by atoms with E-state index in [9.17, 15) is 4.39 Å². The number of nitrogens with two attached hydrogens (primary N) is 1. The van der Waals surface area contributed by atoms with Crippen LogP contribution >= 0.6 is 0 Å². The topological polar surface area (TPSA) is 85.7 Å². The van der Waals surface area contributed by atoms with Crippen molar-refractivity contribution in [3.8, 4) is 11.5 Å². The van der Waals surface area contributed by atoms with Gasteiger partial charge in [-0.05, 0) is 26.0 Å². The third-order valence-electron chi connectivity index (χ3n) is 2.99. The van der Waals surface area contributed by atoms with Gasteiger partial charge in [-0.1, -0.05) is 11.2 Å². The van der Waals surface area contributed by atoms with Crippen LogP contribution in [0.2, 0.25) is 0 Å². The number of halogens is 1. The number of nitrogens with zero attached hydrogens (tertiary/aromatic N) is 3. The fourth-order valence-corrected chi connectivity index (χ4v) is 1.90. The number of aromatic nitrogens is 2. The molecular formula is C13H15FN4O2. The molecule has 2 aromatic rings. The average Bonchev–Trinajstić information content (AvgIpc) is 2.65. The predicted octanol–water partition coefficient (Wildman–Crippen LogP) is 2.06. The fourth-order valence-electron chi connectivity index (χ4n) is 1.90. The van der Waals surface area contributed by atoms with Gasteiger partial charge in [-0.2, -0.15) is 5.10 Å². The van der Waals surface area contributed by atoms with E-state index in [4.69, 9.17) is 15.7 Å². The lowest BCUT2D eigenvalue weighted by Crippen LogP contribution is -2.16. The summed E-state index contributed by atoms with van der Waals surface area (Å²) in [6.45, 7) is 3.61. The Balaban J connectivity index is 2.52. The molecule has 106 valence electrons. The molecule has 0 aliphatic carbocycles. The van der Waals surface area contributed by atoms with Gasteiger partial charge in [0, 0.05) is 7.05 Å². The second-order valence-corrected chi connectivity index (χ2v) is 4.32. The van der Waals surface area contributed by atoms with Gasteiger partial charge >= 0.3 is 0 Å². The Hall–Kier alpha value is -2.57. The van der Waals surface area contributed by atoms with Crippen molar-refractivity contribution < 1.29 is 14.3 Å². The molecule has 1 heterocycles. The van der Waals surface area contributed by atoms with Crippen LogP contribution in [0.25, 0.3) is 0 Å². The number of aryl methyl sites for hydroxylation is 2. The Kier molecular flexibility index (Phi) is 3.60. The minimum absolute atomic E-state index is 0.0855. The largest absolute Gasteiger partial charge is 0.453 e. The zero-order valence-electron chi connectivity index (χ0n) is 11.4. The normalized spacial score (nSPS) is 11.7. The molecule has 0 unspecified atom stereocenters. The van der Waals surface area contributed by atoms with Gasteiger partial charge in [-0.25, -0.2) is 4.39 Å². The van der Waals surface area contributed by atoms with Gasteiger partial charge in [-0.3, -0.25) is 4.68 Å². The molecule has 3 N–H and O–H groups in total. The number of oxime groups is 1. The van der Waals surface area contributed by atoms with Crippen molar-refractivity contribution in [1.29, 1.82) is 0 Å². The highest BCUT2D eigenvalue weighted by molar-refractivity contribution is 5.99. The van der Waals surface area contributed by atoms with Crippen LogP contribution in [-0.4, -0.2) is 20.8 Å². The van der Waals surface area contributed by atoms with Gasteiger partial charge in [0.1, 0.15) is 17.3 Å². The van der Waals surface area contributed by atoms with E-state index in [1.165, 1.54) is 12.1 Å². The number of rotatable bonds is 3. The summed E-state index contributed by atoms with van der Waals surface area (Å²) >= 11 is 0. The summed E-state index contributed by atoms with van der Waals surface area (Å²) in [6.07, 6.45) is 0. The Labute approximate surface area is 115 Å². The van der Waals surface area contributed by atoms with Crippen LogP contribution in [0.4, 0.5) is 4.39 Å². The summed E-state index contributed by atoms with van der Waals surface area (Å²) in [7, 11) is 1.78. The molecule has 0 saturated carbocycles. The third-order valence-corrected chi connectivity index (χ3v) is 2.99. The molecule has 0 saturated heterocycles. The zero-order valence-corrected chi connectivity index (χ0v) is 11.4. The maximum Gasteiger partial charge on any atom is 0.176 e. The van der Waals surface area contributed by atoms with Crippen molar-refractivity contribution in [2.75, 3.05) is 0 Å². The first-order valence-electron chi connectivity index (χ1n) is 5.90. The van der Waals surface area contributed by atoms with E-state index in [-0.39, 0.29) is 17.1 Å². The standard InChI is InChI=1S/C13H15FN4O2/c1-7-12(8(2)18(3)16-7)20-10-6-4-5-9(14)11(10)13(15)17-19/h4-6,19H,1-3H3,(H2,15,17).